The molecule has 5 heteroatoms. The third-order valence-electron chi connectivity index (χ3n) is 4.01. The van der Waals surface area contributed by atoms with Crippen LogP contribution in [-0.4, -0.2) is 18.4 Å². The number of hydrogen-bond acceptors (Lipinski definition) is 2. The maximum absolute atomic E-state index is 12.3. The number of rotatable bonds is 7. The Kier molecular flexibility index (Phi) is 7.02. The molecule has 2 N–H and O–H groups in total. The van der Waals surface area contributed by atoms with E-state index in [1.807, 2.05) is 32.0 Å². The van der Waals surface area contributed by atoms with E-state index in [-0.39, 0.29) is 24.8 Å². The summed E-state index contributed by atoms with van der Waals surface area (Å²) in [6.07, 6.45) is 1.76. The first-order chi connectivity index (χ1) is 12.1. The van der Waals surface area contributed by atoms with Crippen molar-refractivity contribution >= 4 is 29.1 Å². The van der Waals surface area contributed by atoms with Gasteiger partial charge in [-0.2, -0.15) is 0 Å². The Morgan fingerprint density at radius 1 is 1.00 bits per heavy atom. The van der Waals surface area contributed by atoms with Gasteiger partial charge in [0.15, 0.2) is 0 Å². The van der Waals surface area contributed by atoms with Crippen molar-refractivity contribution < 1.29 is 9.59 Å². The first kappa shape index (κ1) is 19.0. The molecule has 0 aliphatic carbocycles. The zero-order chi connectivity index (χ0) is 18.2. The van der Waals surface area contributed by atoms with E-state index >= 15 is 0 Å². The molecular formula is C20H23ClN2O2. The molecule has 0 aliphatic heterocycles. The van der Waals surface area contributed by atoms with Gasteiger partial charge in [-0.25, -0.2) is 0 Å². The number of anilines is 1. The van der Waals surface area contributed by atoms with E-state index in [4.69, 9.17) is 11.6 Å². The summed E-state index contributed by atoms with van der Waals surface area (Å²) in [4.78, 5) is 24.2. The number of benzene rings is 2. The molecule has 25 heavy (non-hydrogen) atoms. The number of carbonyl (C=O) groups is 2. The standard InChI is InChI=1S/C20H23ClN2O2/c1-3-14-10-11-17(21)16(4-2)19(14)23-18(24)12-13-22-20(25)15-8-6-5-7-9-15/h5-11H,3-4,12-13H2,1-2H3,(H,22,25)(H,23,24). The largest absolute Gasteiger partial charge is 0.352 e. The Morgan fingerprint density at radius 2 is 1.72 bits per heavy atom. The van der Waals surface area contributed by atoms with Crippen molar-refractivity contribution in [3.8, 4) is 0 Å². The van der Waals surface area contributed by atoms with Gasteiger partial charge in [0, 0.05) is 29.2 Å². The minimum absolute atomic E-state index is 0.139. The molecule has 0 heterocycles. The molecule has 2 rings (SSSR count). The van der Waals surface area contributed by atoms with Gasteiger partial charge in [-0.1, -0.05) is 49.7 Å². The average Bonchev–Trinajstić information content (AvgIpc) is 2.63. The summed E-state index contributed by atoms with van der Waals surface area (Å²) >= 11 is 6.25. The van der Waals surface area contributed by atoms with Crippen LogP contribution < -0.4 is 10.6 Å². The van der Waals surface area contributed by atoms with Crippen LogP contribution in [0, 0.1) is 0 Å². The molecule has 0 unspecified atom stereocenters. The van der Waals surface area contributed by atoms with Crippen LogP contribution in [-0.2, 0) is 17.6 Å². The maximum atomic E-state index is 12.3. The molecule has 132 valence electrons. The lowest BCUT2D eigenvalue weighted by molar-refractivity contribution is -0.116. The Morgan fingerprint density at radius 3 is 2.36 bits per heavy atom. The van der Waals surface area contributed by atoms with Gasteiger partial charge in [-0.05, 0) is 42.2 Å². The normalized spacial score (nSPS) is 10.4. The number of hydrogen-bond donors (Lipinski definition) is 2. The monoisotopic (exact) mass is 358 g/mol. The van der Waals surface area contributed by atoms with Gasteiger partial charge in [0.2, 0.25) is 5.91 Å². The molecule has 0 radical (unpaired) electrons. The van der Waals surface area contributed by atoms with Crippen LogP contribution in [0.15, 0.2) is 42.5 Å². The van der Waals surface area contributed by atoms with E-state index in [1.165, 1.54) is 0 Å². The SMILES string of the molecule is CCc1ccc(Cl)c(CC)c1NC(=O)CCNC(=O)c1ccccc1. The van der Waals surface area contributed by atoms with Gasteiger partial charge in [-0.15, -0.1) is 0 Å². The summed E-state index contributed by atoms with van der Waals surface area (Å²) in [7, 11) is 0. The second-order valence-corrected chi connectivity index (χ2v) is 6.09. The van der Waals surface area contributed by atoms with Crippen molar-refractivity contribution in [2.24, 2.45) is 0 Å². The van der Waals surface area contributed by atoms with Crippen molar-refractivity contribution in [1.82, 2.24) is 5.32 Å². The van der Waals surface area contributed by atoms with Gasteiger partial charge in [0.1, 0.15) is 0 Å². The van der Waals surface area contributed by atoms with Crippen LogP contribution in [0.4, 0.5) is 5.69 Å². The third kappa shape index (κ3) is 5.07. The zero-order valence-electron chi connectivity index (χ0n) is 14.6. The lowest BCUT2D eigenvalue weighted by Gasteiger charge is -2.16. The third-order valence-corrected chi connectivity index (χ3v) is 4.37. The minimum Gasteiger partial charge on any atom is -0.352 e. The number of amides is 2. The van der Waals surface area contributed by atoms with Gasteiger partial charge >= 0.3 is 0 Å². The number of halogens is 1. The summed E-state index contributed by atoms with van der Waals surface area (Å²) in [6, 6.07) is 12.7. The predicted octanol–water partition coefficient (Wildman–Crippen LogP) is 4.22. The quantitative estimate of drug-likeness (QED) is 0.778. The fourth-order valence-corrected chi connectivity index (χ4v) is 2.94. The molecule has 0 saturated heterocycles. The molecule has 2 aromatic carbocycles. The van der Waals surface area contributed by atoms with Gasteiger partial charge in [0.25, 0.3) is 5.91 Å². The first-order valence-electron chi connectivity index (χ1n) is 8.50. The predicted molar refractivity (Wildman–Crippen MR) is 102 cm³/mol. The summed E-state index contributed by atoms with van der Waals surface area (Å²) in [6.45, 7) is 4.33. The van der Waals surface area contributed by atoms with E-state index < -0.39 is 0 Å². The van der Waals surface area contributed by atoms with Crippen molar-refractivity contribution in [1.29, 1.82) is 0 Å². The molecule has 0 bridgehead atoms. The lowest BCUT2D eigenvalue weighted by atomic mass is 10.0. The topological polar surface area (TPSA) is 58.2 Å². The summed E-state index contributed by atoms with van der Waals surface area (Å²) < 4.78 is 0. The Hall–Kier alpha value is -2.33. The van der Waals surface area contributed by atoms with Crippen molar-refractivity contribution in [2.75, 3.05) is 11.9 Å². The highest BCUT2D eigenvalue weighted by atomic mass is 35.5. The van der Waals surface area contributed by atoms with Crippen LogP contribution in [0.1, 0.15) is 41.8 Å². The summed E-state index contributed by atoms with van der Waals surface area (Å²) in [5.74, 6) is -0.320. The van der Waals surface area contributed by atoms with E-state index in [0.29, 0.717) is 10.6 Å². The second kappa shape index (κ2) is 9.23. The Labute approximate surface area is 153 Å². The van der Waals surface area contributed by atoms with Crippen LogP contribution in [0.5, 0.6) is 0 Å². The zero-order valence-corrected chi connectivity index (χ0v) is 15.3. The van der Waals surface area contributed by atoms with E-state index in [1.54, 1.807) is 24.3 Å². The van der Waals surface area contributed by atoms with E-state index in [2.05, 4.69) is 10.6 Å². The number of nitrogens with one attached hydrogen (secondary N) is 2. The first-order valence-corrected chi connectivity index (χ1v) is 8.87. The van der Waals surface area contributed by atoms with Crippen molar-refractivity contribution in [2.45, 2.75) is 33.1 Å². The molecule has 4 nitrogen and oxygen atoms in total. The summed E-state index contributed by atoms with van der Waals surface area (Å²) in [5, 5.41) is 6.38. The molecule has 2 amide bonds. The molecule has 0 spiro atoms. The lowest BCUT2D eigenvalue weighted by Crippen LogP contribution is -2.28. The number of aryl methyl sites for hydroxylation is 1. The molecular weight excluding hydrogens is 336 g/mol. The Bertz CT molecular complexity index is 745. The summed E-state index contributed by atoms with van der Waals surface area (Å²) in [5.41, 5.74) is 3.39. The van der Waals surface area contributed by atoms with Crippen LogP contribution >= 0.6 is 11.6 Å². The second-order valence-electron chi connectivity index (χ2n) is 5.69. The van der Waals surface area contributed by atoms with Crippen LogP contribution in [0.25, 0.3) is 0 Å². The fraction of sp³-hybridized carbons (Fsp3) is 0.300. The van der Waals surface area contributed by atoms with E-state index in [9.17, 15) is 9.59 Å². The highest BCUT2D eigenvalue weighted by Gasteiger charge is 2.13. The van der Waals surface area contributed by atoms with Crippen molar-refractivity contribution in [3.05, 3.63) is 64.2 Å². The minimum atomic E-state index is -0.181. The number of carbonyl (C=O) groups excluding carboxylic acids is 2. The molecule has 0 saturated carbocycles. The smallest absolute Gasteiger partial charge is 0.251 e. The van der Waals surface area contributed by atoms with Gasteiger partial charge in [-0.3, -0.25) is 9.59 Å². The van der Waals surface area contributed by atoms with Crippen LogP contribution in [0.2, 0.25) is 5.02 Å². The average molecular weight is 359 g/mol. The Balaban J connectivity index is 1.95. The molecule has 0 aliphatic rings. The van der Waals surface area contributed by atoms with E-state index in [0.717, 1.165) is 29.7 Å². The molecule has 2 aromatic rings. The highest BCUT2D eigenvalue weighted by Crippen LogP contribution is 2.29. The van der Waals surface area contributed by atoms with Gasteiger partial charge in [0.05, 0.1) is 0 Å². The molecule has 0 atom stereocenters. The maximum Gasteiger partial charge on any atom is 0.251 e. The fourth-order valence-electron chi connectivity index (χ4n) is 2.65. The van der Waals surface area contributed by atoms with Crippen LogP contribution in [0.3, 0.4) is 0 Å². The molecule has 0 aromatic heterocycles. The molecule has 0 fully saturated rings. The van der Waals surface area contributed by atoms with Crippen molar-refractivity contribution in [3.63, 3.8) is 0 Å². The van der Waals surface area contributed by atoms with Gasteiger partial charge < -0.3 is 10.6 Å². The highest BCUT2D eigenvalue weighted by molar-refractivity contribution is 6.32.